The van der Waals surface area contributed by atoms with Crippen molar-refractivity contribution in [1.29, 1.82) is 5.41 Å². The lowest BCUT2D eigenvalue weighted by Gasteiger charge is -2.36. The van der Waals surface area contributed by atoms with Crippen LogP contribution in [0.4, 0.5) is 0 Å². The summed E-state index contributed by atoms with van der Waals surface area (Å²) < 4.78 is 6.70. The Labute approximate surface area is 206 Å². The molecule has 3 saturated carbocycles. The van der Waals surface area contributed by atoms with Crippen molar-refractivity contribution < 1.29 is 24.6 Å². The number of allylic oxidation sites excluding steroid dienone is 4. The Balaban J connectivity index is 1.29. The first-order valence-corrected chi connectivity index (χ1v) is 13.0. The van der Waals surface area contributed by atoms with E-state index in [2.05, 4.69) is 11.4 Å². The lowest BCUT2D eigenvalue weighted by molar-refractivity contribution is -0.910. The highest BCUT2D eigenvalue weighted by Crippen LogP contribution is 2.48. The molecule has 0 saturated heterocycles. The van der Waals surface area contributed by atoms with Gasteiger partial charge in [0.05, 0.1) is 23.6 Å². The number of ether oxygens (including phenoxy) is 1. The minimum absolute atomic E-state index is 0.169. The second-order valence-corrected chi connectivity index (χ2v) is 10.5. The first kappa shape index (κ1) is 23.8. The molecule has 0 aromatic carbocycles. The Bertz CT molecular complexity index is 1100. The van der Waals surface area contributed by atoms with Crippen molar-refractivity contribution in [1.82, 2.24) is 5.32 Å². The van der Waals surface area contributed by atoms with Crippen molar-refractivity contribution in [2.24, 2.45) is 11.8 Å². The molecule has 5 rings (SSSR count). The van der Waals surface area contributed by atoms with Crippen LogP contribution >= 0.6 is 0 Å². The zero-order valence-electron chi connectivity index (χ0n) is 20.4. The summed E-state index contributed by atoms with van der Waals surface area (Å²) in [4.78, 5) is 13.1. The monoisotopic (exact) mass is 478 g/mol. The van der Waals surface area contributed by atoms with E-state index >= 15 is 0 Å². The Morgan fingerprint density at radius 1 is 1.20 bits per heavy atom. The van der Waals surface area contributed by atoms with E-state index in [1.807, 2.05) is 13.0 Å². The molecule has 0 unspecified atom stereocenters. The lowest BCUT2D eigenvalue weighted by atomic mass is 9.75. The third-order valence-corrected chi connectivity index (χ3v) is 7.90. The number of carbonyl (C=O) groups excluding carboxylic acids is 1. The van der Waals surface area contributed by atoms with Crippen LogP contribution in [0.1, 0.15) is 86.8 Å². The summed E-state index contributed by atoms with van der Waals surface area (Å²) >= 11 is 0. The number of pyridine rings is 1. The Morgan fingerprint density at radius 3 is 2.60 bits per heavy atom. The summed E-state index contributed by atoms with van der Waals surface area (Å²) in [5.41, 5.74) is 2.05. The summed E-state index contributed by atoms with van der Waals surface area (Å²) in [6.45, 7) is 2.27. The van der Waals surface area contributed by atoms with Crippen LogP contribution in [0, 0.1) is 17.2 Å². The molecule has 4 aliphatic rings. The van der Waals surface area contributed by atoms with Gasteiger partial charge >= 0.3 is 11.6 Å². The third-order valence-electron chi connectivity index (χ3n) is 7.90. The maximum absolute atomic E-state index is 13.1. The zero-order chi connectivity index (χ0) is 24.6. The zero-order valence-corrected chi connectivity index (χ0v) is 20.4. The fourth-order valence-corrected chi connectivity index (χ4v) is 5.44. The molecule has 4 aliphatic carbocycles. The number of rotatable bonds is 8. The molecular formula is C28H36N3O4+. The number of hydrogen-bond donors (Lipinski definition) is 4. The van der Waals surface area contributed by atoms with Gasteiger partial charge in [-0.3, -0.25) is 10.0 Å². The molecule has 7 nitrogen and oxygen atoms in total. The van der Waals surface area contributed by atoms with Gasteiger partial charge in [0, 0.05) is 28.9 Å². The topological polar surface area (TPSA) is 107 Å². The molecule has 0 spiro atoms. The van der Waals surface area contributed by atoms with Crippen LogP contribution in [0.3, 0.4) is 0 Å². The fraction of sp³-hybridized carbons (Fsp3) is 0.536. The maximum atomic E-state index is 13.1. The average Bonchev–Trinajstić information content (AvgIpc) is 3.74. The number of aliphatic hydroxyl groups is 1. The van der Waals surface area contributed by atoms with Crippen molar-refractivity contribution in [3.8, 4) is 0 Å². The third kappa shape index (κ3) is 5.20. The average molecular weight is 479 g/mol. The van der Waals surface area contributed by atoms with Gasteiger partial charge < -0.3 is 20.6 Å². The largest absolute Gasteiger partial charge is 0.492 e. The van der Waals surface area contributed by atoms with Gasteiger partial charge in [-0.15, -0.1) is 0 Å². The van der Waals surface area contributed by atoms with Gasteiger partial charge in [0.25, 0.3) is 0 Å². The van der Waals surface area contributed by atoms with E-state index in [0.29, 0.717) is 41.5 Å². The van der Waals surface area contributed by atoms with E-state index in [4.69, 9.17) is 10.1 Å². The summed E-state index contributed by atoms with van der Waals surface area (Å²) in [6, 6.07) is 5.23. The number of carbonyl (C=O) groups is 1. The molecule has 1 heterocycles. The molecule has 1 amide bonds. The van der Waals surface area contributed by atoms with Crippen molar-refractivity contribution in [3.05, 3.63) is 64.8 Å². The Morgan fingerprint density at radius 2 is 1.94 bits per heavy atom. The van der Waals surface area contributed by atoms with E-state index < -0.39 is 11.5 Å². The van der Waals surface area contributed by atoms with Crippen LogP contribution < -0.4 is 10.0 Å². The SMILES string of the molecule is CCOC1=CC(=N)/C(=C\CC2CCC(O)(C3CC3)CC2)C=C1NC(=O)c1cccc(C2CC2)[n+]1O. The molecule has 0 bridgehead atoms. The van der Waals surface area contributed by atoms with Gasteiger partial charge in [-0.05, 0) is 94.3 Å². The highest BCUT2D eigenvalue weighted by molar-refractivity contribution is 6.10. The molecule has 35 heavy (non-hydrogen) atoms. The smallest absolute Gasteiger partial charge is 0.325 e. The van der Waals surface area contributed by atoms with Crippen molar-refractivity contribution in [3.63, 3.8) is 0 Å². The highest BCUT2D eigenvalue weighted by atomic mass is 16.5. The van der Waals surface area contributed by atoms with Crippen LogP contribution in [0.15, 0.2) is 53.5 Å². The standard InChI is InChI=1S/C28H35N3O4/c1-2-35-26-17-22(29)20(7-6-18-12-14-28(33,15-13-18)21-10-11-21)16-23(26)30-27(32)25-5-3-4-24(31(25)34)19-8-9-19/h3-5,7,16-19,21,29,33H,2,6,8-15H2,1H3,(H-,30,32,34)/p+1/b20-7-,29-22?. The predicted octanol–water partition coefficient (Wildman–Crippen LogP) is 4.30. The van der Waals surface area contributed by atoms with Gasteiger partial charge in [-0.25, -0.2) is 0 Å². The number of aromatic nitrogens is 1. The van der Waals surface area contributed by atoms with Gasteiger partial charge in [0.15, 0.2) is 0 Å². The van der Waals surface area contributed by atoms with Crippen LogP contribution in [-0.2, 0) is 4.74 Å². The van der Waals surface area contributed by atoms with Crippen molar-refractivity contribution in [2.45, 2.75) is 76.2 Å². The summed E-state index contributed by atoms with van der Waals surface area (Å²) in [5.74, 6) is 1.32. The fourth-order valence-electron chi connectivity index (χ4n) is 5.44. The summed E-state index contributed by atoms with van der Waals surface area (Å²) in [5, 5.41) is 32.8. The van der Waals surface area contributed by atoms with Gasteiger partial charge in [-0.1, -0.05) is 6.08 Å². The van der Waals surface area contributed by atoms with Crippen molar-refractivity contribution in [2.75, 3.05) is 6.61 Å². The van der Waals surface area contributed by atoms with Gasteiger partial charge in [0.1, 0.15) is 5.76 Å². The summed E-state index contributed by atoms with van der Waals surface area (Å²) in [6.07, 6.45) is 14.5. The second kappa shape index (κ2) is 9.61. The maximum Gasteiger partial charge on any atom is 0.325 e. The normalized spacial score (nSPS) is 27.9. The van der Waals surface area contributed by atoms with E-state index in [9.17, 15) is 15.1 Å². The van der Waals surface area contributed by atoms with Crippen molar-refractivity contribution >= 4 is 11.6 Å². The first-order valence-electron chi connectivity index (χ1n) is 13.0. The molecule has 186 valence electrons. The second-order valence-electron chi connectivity index (χ2n) is 10.5. The summed E-state index contributed by atoms with van der Waals surface area (Å²) in [7, 11) is 0. The first-order chi connectivity index (χ1) is 16.9. The quantitative estimate of drug-likeness (QED) is 0.330. The van der Waals surface area contributed by atoms with E-state index in [-0.39, 0.29) is 5.69 Å². The molecule has 1 aromatic heterocycles. The lowest BCUT2D eigenvalue weighted by Crippen LogP contribution is -2.45. The number of nitrogens with zero attached hydrogens (tertiary/aromatic N) is 1. The minimum atomic E-state index is -0.450. The van der Waals surface area contributed by atoms with Crippen LogP contribution in [0.2, 0.25) is 0 Å². The van der Waals surface area contributed by atoms with E-state index in [1.165, 1.54) is 0 Å². The number of amides is 1. The van der Waals surface area contributed by atoms with Gasteiger partial charge in [0.2, 0.25) is 5.69 Å². The van der Waals surface area contributed by atoms with E-state index in [0.717, 1.165) is 73.8 Å². The van der Waals surface area contributed by atoms with Crippen LogP contribution in [-0.4, -0.2) is 34.1 Å². The number of hydrogen-bond acceptors (Lipinski definition) is 5. The molecule has 0 atom stereocenters. The van der Waals surface area contributed by atoms with Gasteiger partial charge in [-0.2, -0.15) is 0 Å². The molecule has 4 N–H and O–H groups in total. The Hall–Kier alpha value is -2.93. The molecule has 3 fully saturated rings. The minimum Gasteiger partial charge on any atom is -0.492 e. The van der Waals surface area contributed by atoms with Crippen LogP contribution in [0.25, 0.3) is 0 Å². The van der Waals surface area contributed by atoms with Crippen LogP contribution in [0.5, 0.6) is 0 Å². The predicted molar refractivity (Wildman–Crippen MR) is 131 cm³/mol. The molecule has 1 aromatic rings. The molecule has 0 aliphatic heterocycles. The Kier molecular flexibility index (Phi) is 6.53. The molecular weight excluding hydrogens is 442 g/mol. The van der Waals surface area contributed by atoms with E-state index in [1.54, 1.807) is 24.3 Å². The highest BCUT2D eigenvalue weighted by Gasteiger charge is 2.45. The molecule has 0 radical (unpaired) electrons. The molecule has 7 heteroatoms. The number of nitrogens with one attached hydrogen (secondary N) is 2.